The predicted octanol–water partition coefficient (Wildman–Crippen LogP) is 3.66. The number of rotatable bonds is 3. The average Bonchev–Trinajstić information content (AvgIpc) is 2.16. The van der Waals surface area contributed by atoms with Crippen molar-refractivity contribution in [2.45, 2.75) is 52.2 Å². The molecule has 2 nitrogen and oxygen atoms in total. The fourth-order valence-corrected chi connectivity index (χ4v) is 3.88. The van der Waals surface area contributed by atoms with Crippen LogP contribution in [0, 0.1) is 17.3 Å². The van der Waals surface area contributed by atoms with E-state index in [4.69, 9.17) is 0 Å². The van der Waals surface area contributed by atoms with Crippen LogP contribution in [0.25, 0.3) is 0 Å². The number of hydrogen-bond acceptors (Lipinski definition) is 2. The van der Waals surface area contributed by atoms with Gasteiger partial charge in [0.25, 0.3) is 0 Å². The SMILES string of the molecule is CCSC1CC(C(C)(C)C)CCC1C(=O)O. The molecule has 3 heteroatoms. The summed E-state index contributed by atoms with van der Waals surface area (Å²) in [4.78, 5) is 11.2. The van der Waals surface area contributed by atoms with Crippen molar-refractivity contribution in [1.29, 1.82) is 0 Å². The van der Waals surface area contributed by atoms with Gasteiger partial charge in [0.05, 0.1) is 5.92 Å². The molecule has 3 unspecified atom stereocenters. The fraction of sp³-hybridized carbons (Fsp3) is 0.923. The Hall–Kier alpha value is -0.180. The lowest BCUT2D eigenvalue weighted by molar-refractivity contribution is -0.143. The first-order valence-electron chi connectivity index (χ1n) is 6.20. The third-order valence-corrected chi connectivity index (χ3v) is 5.00. The zero-order valence-electron chi connectivity index (χ0n) is 10.8. The van der Waals surface area contributed by atoms with Crippen LogP contribution in [0.1, 0.15) is 47.0 Å². The van der Waals surface area contributed by atoms with E-state index in [1.54, 1.807) is 0 Å². The predicted molar refractivity (Wildman–Crippen MR) is 69.8 cm³/mol. The first-order valence-corrected chi connectivity index (χ1v) is 7.25. The molecule has 0 radical (unpaired) electrons. The molecule has 16 heavy (non-hydrogen) atoms. The van der Waals surface area contributed by atoms with E-state index in [0.29, 0.717) is 16.6 Å². The molecule has 0 saturated heterocycles. The molecule has 0 bridgehead atoms. The Morgan fingerprint density at radius 3 is 2.44 bits per heavy atom. The Labute approximate surface area is 103 Å². The van der Waals surface area contributed by atoms with Crippen molar-refractivity contribution in [3.63, 3.8) is 0 Å². The van der Waals surface area contributed by atoms with Crippen molar-refractivity contribution in [3.8, 4) is 0 Å². The molecule has 1 aliphatic rings. The first-order chi connectivity index (χ1) is 7.36. The summed E-state index contributed by atoms with van der Waals surface area (Å²) < 4.78 is 0. The van der Waals surface area contributed by atoms with Crippen LogP contribution in [-0.4, -0.2) is 22.1 Å². The highest BCUT2D eigenvalue weighted by atomic mass is 32.2. The lowest BCUT2D eigenvalue weighted by atomic mass is 9.69. The van der Waals surface area contributed by atoms with Gasteiger partial charge in [-0.3, -0.25) is 4.79 Å². The van der Waals surface area contributed by atoms with Gasteiger partial charge in [-0.15, -0.1) is 0 Å². The summed E-state index contributed by atoms with van der Waals surface area (Å²) in [6.07, 6.45) is 3.00. The number of aliphatic carboxylic acids is 1. The smallest absolute Gasteiger partial charge is 0.307 e. The highest BCUT2D eigenvalue weighted by Gasteiger charge is 2.38. The summed E-state index contributed by atoms with van der Waals surface area (Å²) >= 11 is 1.83. The van der Waals surface area contributed by atoms with Gasteiger partial charge in [0, 0.05) is 5.25 Å². The summed E-state index contributed by atoms with van der Waals surface area (Å²) in [7, 11) is 0. The molecule has 1 saturated carbocycles. The Balaban J connectivity index is 2.68. The minimum Gasteiger partial charge on any atom is -0.481 e. The van der Waals surface area contributed by atoms with E-state index < -0.39 is 5.97 Å². The molecular weight excluding hydrogens is 220 g/mol. The van der Waals surface area contributed by atoms with Crippen LogP contribution in [0.5, 0.6) is 0 Å². The molecular formula is C13H24O2S. The van der Waals surface area contributed by atoms with E-state index in [0.717, 1.165) is 25.0 Å². The Bertz CT molecular complexity index is 245. The molecule has 0 heterocycles. The topological polar surface area (TPSA) is 37.3 Å². The van der Waals surface area contributed by atoms with E-state index in [1.807, 2.05) is 11.8 Å². The number of carboxylic acids is 1. The summed E-state index contributed by atoms with van der Waals surface area (Å²) in [5, 5.41) is 9.53. The van der Waals surface area contributed by atoms with Gasteiger partial charge < -0.3 is 5.11 Å². The first kappa shape index (κ1) is 13.9. The number of carboxylic acid groups (broad SMARTS) is 1. The molecule has 0 aliphatic heterocycles. The van der Waals surface area contributed by atoms with Crippen molar-refractivity contribution < 1.29 is 9.90 Å². The maximum atomic E-state index is 11.2. The molecule has 1 rings (SSSR count). The maximum Gasteiger partial charge on any atom is 0.307 e. The minimum absolute atomic E-state index is 0.122. The van der Waals surface area contributed by atoms with Gasteiger partial charge in [-0.2, -0.15) is 11.8 Å². The highest BCUT2D eigenvalue weighted by Crippen LogP contribution is 2.43. The Morgan fingerprint density at radius 1 is 1.38 bits per heavy atom. The largest absolute Gasteiger partial charge is 0.481 e. The molecule has 3 atom stereocenters. The summed E-state index contributed by atoms with van der Waals surface area (Å²) in [6, 6.07) is 0. The van der Waals surface area contributed by atoms with Crippen LogP contribution in [0.3, 0.4) is 0 Å². The monoisotopic (exact) mass is 244 g/mol. The zero-order valence-corrected chi connectivity index (χ0v) is 11.6. The summed E-state index contributed by atoms with van der Waals surface area (Å²) in [6.45, 7) is 8.93. The van der Waals surface area contributed by atoms with Crippen LogP contribution in [0.2, 0.25) is 0 Å². The summed E-state index contributed by atoms with van der Waals surface area (Å²) in [5.41, 5.74) is 0.316. The van der Waals surface area contributed by atoms with Crippen LogP contribution < -0.4 is 0 Å². The Kier molecular flexibility index (Phi) is 4.72. The third kappa shape index (κ3) is 3.41. The molecule has 0 aromatic carbocycles. The molecule has 94 valence electrons. The van der Waals surface area contributed by atoms with Crippen molar-refractivity contribution in [1.82, 2.24) is 0 Å². The third-order valence-electron chi connectivity index (χ3n) is 3.71. The van der Waals surface area contributed by atoms with E-state index >= 15 is 0 Å². The lowest BCUT2D eigenvalue weighted by Gasteiger charge is -2.40. The molecule has 0 aromatic rings. The molecule has 1 fully saturated rings. The number of hydrogen-bond donors (Lipinski definition) is 1. The quantitative estimate of drug-likeness (QED) is 0.823. The van der Waals surface area contributed by atoms with Gasteiger partial charge in [0.1, 0.15) is 0 Å². The van der Waals surface area contributed by atoms with Crippen molar-refractivity contribution >= 4 is 17.7 Å². The van der Waals surface area contributed by atoms with Crippen LogP contribution in [0.15, 0.2) is 0 Å². The average molecular weight is 244 g/mol. The zero-order chi connectivity index (χ0) is 12.3. The van der Waals surface area contributed by atoms with Gasteiger partial charge in [-0.05, 0) is 36.3 Å². The standard InChI is InChI=1S/C13H24O2S/c1-5-16-11-8-9(13(2,3)4)6-7-10(11)12(14)15/h9-11H,5-8H2,1-4H3,(H,14,15). The molecule has 0 spiro atoms. The normalized spacial score (nSPS) is 31.4. The van der Waals surface area contributed by atoms with Crippen LogP contribution in [-0.2, 0) is 4.79 Å². The van der Waals surface area contributed by atoms with Gasteiger partial charge in [-0.25, -0.2) is 0 Å². The van der Waals surface area contributed by atoms with E-state index in [-0.39, 0.29) is 5.92 Å². The lowest BCUT2D eigenvalue weighted by Crippen LogP contribution is -2.37. The molecule has 1 N–H and O–H groups in total. The van der Waals surface area contributed by atoms with Gasteiger partial charge in [0.2, 0.25) is 0 Å². The number of carbonyl (C=O) groups is 1. The molecule has 1 aliphatic carbocycles. The second-order valence-electron chi connectivity index (χ2n) is 5.81. The second-order valence-corrected chi connectivity index (χ2v) is 7.33. The van der Waals surface area contributed by atoms with Crippen molar-refractivity contribution in [2.24, 2.45) is 17.3 Å². The minimum atomic E-state index is -0.599. The highest BCUT2D eigenvalue weighted by molar-refractivity contribution is 7.99. The fourth-order valence-electron chi connectivity index (χ4n) is 2.60. The van der Waals surface area contributed by atoms with Crippen LogP contribution in [0.4, 0.5) is 0 Å². The Morgan fingerprint density at radius 2 is 2.00 bits per heavy atom. The summed E-state index contributed by atoms with van der Waals surface area (Å²) in [5.74, 6) is 0.972. The van der Waals surface area contributed by atoms with E-state index in [9.17, 15) is 9.90 Å². The molecule has 0 aromatic heterocycles. The van der Waals surface area contributed by atoms with Gasteiger partial charge in [0.15, 0.2) is 0 Å². The second kappa shape index (κ2) is 5.44. The maximum absolute atomic E-state index is 11.2. The van der Waals surface area contributed by atoms with Gasteiger partial charge in [-0.1, -0.05) is 27.7 Å². The molecule has 0 amide bonds. The number of thioether (sulfide) groups is 1. The van der Waals surface area contributed by atoms with Crippen molar-refractivity contribution in [3.05, 3.63) is 0 Å². The van der Waals surface area contributed by atoms with Crippen LogP contribution >= 0.6 is 11.8 Å². The van der Waals surface area contributed by atoms with E-state index in [1.165, 1.54) is 0 Å². The van der Waals surface area contributed by atoms with Crippen molar-refractivity contribution in [2.75, 3.05) is 5.75 Å². The van der Waals surface area contributed by atoms with E-state index in [2.05, 4.69) is 27.7 Å². The van der Waals surface area contributed by atoms with Gasteiger partial charge >= 0.3 is 5.97 Å².